The number of Topliss-reactive ketones (excluding diaryl/α,β-unsaturated/α-hetero) is 1. The van der Waals surface area contributed by atoms with Gasteiger partial charge in [0.1, 0.15) is 18.1 Å². The molecule has 7 nitrogen and oxygen atoms in total. The van der Waals surface area contributed by atoms with Crippen molar-refractivity contribution in [3.05, 3.63) is 196 Å². The van der Waals surface area contributed by atoms with E-state index in [1.54, 1.807) is 30.3 Å². The summed E-state index contributed by atoms with van der Waals surface area (Å²) in [5.41, 5.74) is 5.63. The molecule has 8 rings (SSSR count). The standard InChI is InChI=1S/C50H48N2O5S2/c53-46(33-51-44(40-22-11-4-12-23-40)30-31-56-48-26-15-25-43-42-24-13-14-27-49(42)58-50(43)48)41-28-29-47(57-35-38-18-7-2-8-19-38)45(32-41)52(34-37-16-5-1-6-17-37)59(54,55)36-39-20-9-3-10-21-39/h1-12,15-23,25-26,28-29,32,44,51H,13-14,24,27,30-31,33-36H2. The number of aryl methyl sites for hydroxylation is 2. The van der Waals surface area contributed by atoms with Crippen LogP contribution in [0.25, 0.3) is 10.1 Å². The van der Waals surface area contributed by atoms with Crippen LogP contribution in [0, 0.1) is 0 Å². The fraction of sp³-hybridized carbons (Fsp3) is 0.220. The summed E-state index contributed by atoms with van der Waals surface area (Å²) in [7, 11) is -3.97. The summed E-state index contributed by atoms with van der Waals surface area (Å²) in [6.07, 6.45) is 5.39. The molecule has 0 radical (unpaired) electrons. The number of carbonyl (C=O) groups excluding carboxylic acids is 1. The summed E-state index contributed by atoms with van der Waals surface area (Å²) in [5, 5.41) is 4.84. The van der Waals surface area contributed by atoms with Gasteiger partial charge in [-0.15, -0.1) is 11.3 Å². The number of rotatable bonds is 18. The lowest BCUT2D eigenvalue weighted by molar-refractivity contribution is 0.0985. The molecule has 9 heteroatoms. The highest BCUT2D eigenvalue weighted by Crippen LogP contribution is 2.41. The third-order valence-corrected chi connectivity index (χ3v) is 13.8. The third-order valence-electron chi connectivity index (χ3n) is 10.8. The second-order valence-electron chi connectivity index (χ2n) is 14.9. The Balaban J connectivity index is 1.05. The average molecular weight is 821 g/mol. The van der Waals surface area contributed by atoms with Crippen LogP contribution >= 0.6 is 11.3 Å². The van der Waals surface area contributed by atoms with Crippen LogP contribution in [-0.4, -0.2) is 27.4 Å². The summed E-state index contributed by atoms with van der Waals surface area (Å²) in [6, 6.07) is 49.8. The van der Waals surface area contributed by atoms with E-state index in [2.05, 4.69) is 35.6 Å². The number of fused-ring (bicyclic) bond motifs is 3. The van der Waals surface area contributed by atoms with Gasteiger partial charge < -0.3 is 14.8 Å². The van der Waals surface area contributed by atoms with Gasteiger partial charge in [-0.05, 0) is 83.2 Å². The predicted molar refractivity (Wildman–Crippen MR) is 239 cm³/mol. The topological polar surface area (TPSA) is 84.9 Å². The van der Waals surface area contributed by atoms with Crippen LogP contribution in [0.1, 0.15) is 68.4 Å². The maximum absolute atomic E-state index is 14.5. The number of ether oxygens (including phenoxy) is 2. The fourth-order valence-corrected chi connectivity index (χ4v) is 10.7. The molecule has 6 aromatic carbocycles. The van der Waals surface area contributed by atoms with Crippen molar-refractivity contribution in [2.45, 2.75) is 57.1 Å². The minimum absolute atomic E-state index is 0.0336. The molecule has 1 aromatic heterocycles. The first-order valence-electron chi connectivity index (χ1n) is 20.3. The maximum atomic E-state index is 14.5. The van der Waals surface area contributed by atoms with Crippen molar-refractivity contribution in [2.24, 2.45) is 0 Å². The van der Waals surface area contributed by atoms with Crippen LogP contribution in [-0.2, 0) is 41.8 Å². The molecule has 1 aliphatic rings. The molecular weight excluding hydrogens is 773 g/mol. The van der Waals surface area contributed by atoms with Crippen molar-refractivity contribution in [1.29, 1.82) is 0 Å². The summed E-state index contributed by atoms with van der Waals surface area (Å²) >= 11 is 1.87. The number of nitrogens with zero attached hydrogens (tertiary/aromatic N) is 1. The van der Waals surface area contributed by atoms with Crippen molar-refractivity contribution in [3.8, 4) is 11.5 Å². The predicted octanol–water partition coefficient (Wildman–Crippen LogP) is 10.9. The van der Waals surface area contributed by atoms with Crippen molar-refractivity contribution >= 4 is 42.9 Å². The molecular formula is C50H48N2O5S2. The molecule has 0 aliphatic heterocycles. The van der Waals surface area contributed by atoms with E-state index in [4.69, 9.17) is 9.47 Å². The van der Waals surface area contributed by atoms with Crippen molar-refractivity contribution in [3.63, 3.8) is 0 Å². The van der Waals surface area contributed by atoms with Crippen LogP contribution < -0.4 is 19.1 Å². The molecule has 59 heavy (non-hydrogen) atoms. The van der Waals surface area contributed by atoms with Gasteiger partial charge in [0, 0.05) is 22.9 Å². The molecule has 7 aromatic rings. The van der Waals surface area contributed by atoms with Crippen LogP contribution in [0.3, 0.4) is 0 Å². The second-order valence-corrected chi connectivity index (χ2v) is 17.9. The highest BCUT2D eigenvalue weighted by molar-refractivity contribution is 7.92. The molecule has 1 heterocycles. The summed E-state index contributed by atoms with van der Waals surface area (Å²) in [5.74, 6) is 0.889. The van der Waals surface area contributed by atoms with E-state index in [9.17, 15) is 13.2 Å². The summed E-state index contributed by atoms with van der Waals surface area (Å²) in [4.78, 5) is 15.7. The first-order chi connectivity index (χ1) is 28.9. The molecule has 1 N–H and O–H groups in total. The zero-order valence-corrected chi connectivity index (χ0v) is 34.6. The number of ketones is 1. The number of hydrogen-bond donors (Lipinski definition) is 1. The molecule has 300 valence electrons. The van der Waals surface area contributed by atoms with E-state index in [1.807, 2.05) is 108 Å². The molecule has 1 aliphatic carbocycles. The zero-order chi connectivity index (χ0) is 40.4. The first kappa shape index (κ1) is 40.1. The van der Waals surface area contributed by atoms with E-state index >= 15 is 0 Å². The van der Waals surface area contributed by atoms with E-state index in [1.165, 1.54) is 37.7 Å². The normalized spacial score (nSPS) is 13.1. The van der Waals surface area contributed by atoms with E-state index in [-0.39, 0.29) is 37.3 Å². The zero-order valence-electron chi connectivity index (χ0n) is 33.0. The van der Waals surface area contributed by atoms with Gasteiger partial charge in [0.05, 0.1) is 35.8 Å². The van der Waals surface area contributed by atoms with Gasteiger partial charge in [0.25, 0.3) is 0 Å². The van der Waals surface area contributed by atoms with Gasteiger partial charge in [0.15, 0.2) is 5.78 Å². The molecule has 0 bridgehead atoms. The van der Waals surface area contributed by atoms with Gasteiger partial charge in [-0.2, -0.15) is 0 Å². The number of hydrogen-bond acceptors (Lipinski definition) is 7. The fourth-order valence-electron chi connectivity index (χ4n) is 7.74. The number of nitrogens with one attached hydrogen (secondary N) is 1. The molecule has 0 amide bonds. The highest BCUT2D eigenvalue weighted by Gasteiger charge is 2.28. The quantitative estimate of drug-likeness (QED) is 0.0868. The van der Waals surface area contributed by atoms with Crippen molar-refractivity contribution in [2.75, 3.05) is 17.5 Å². The SMILES string of the molecule is O=C(CNC(CCOc1cccc2c3c(sc12)CCCC3)c1ccccc1)c1ccc(OCc2ccccc2)c(N(Cc2ccccc2)S(=O)(=O)Cc2ccccc2)c1. The van der Waals surface area contributed by atoms with E-state index in [0.29, 0.717) is 35.6 Å². The Kier molecular flexibility index (Phi) is 12.8. The van der Waals surface area contributed by atoms with Gasteiger partial charge in [0.2, 0.25) is 10.0 Å². The van der Waals surface area contributed by atoms with Gasteiger partial charge >= 0.3 is 0 Å². The number of thiophene rings is 1. The molecule has 1 unspecified atom stereocenters. The molecule has 0 saturated carbocycles. The Labute approximate surface area is 351 Å². The van der Waals surface area contributed by atoms with E-state index < -0.39 is 10.0 Å². The molecule has 0 spiro atoms. The average Bonchev–Trinajstić information content (AvgIpc) is 3.67. The molecule has 0 saturated heterocycles. The number of sulfonamides is 1. The Morgan fingerprint density at radius 2 is 1.36 bits per heavy atom. The largest absolute Gasteiger partial charge is 0.492 e. The van der Waals surface area contributed by atoms with Crippen LogP contribution in [0.4, 0.5) is 5.69 Å². The summed E-state index contributed by atoms with van der Waals surface area (Å²) < 4.78 is 44.4. The minimum atomic E-state index is -3.97. The van der Waals surface area contributed by atoms with Crippen molar-refractivity contribution < 1.29 is 22.7 Å². The number of anilines is 1. The minimum Gasteiger partial charge on any atom is -0.492 e. The first-order valence-corrected chi connectivity index (χ1v) is 22.7. The van der Waals surface area contributed by atoms with Crippen LogP contribution in [0.2, 0.25) is 0 Å². The van der Waals surface area contributed by atoms with E-state index in [0.717, 1.165) is 35.3 Å². The Hall–Kier alpha value is -5.74. The Morgan fingerprint density at radius 3 is 2.08 bits per heavy atom. The monoisotopic (exact) mass is 820 g/mol. The smallest absolute Gasteiger partial charge is 0.239 e. The molecule has 0 fully saturated rings. The second kappa shape index (κ2) is 18.9. The van der Waals surface area contributed by atoms with Crippen LogP contribution in [0.5, 0.6) is 11.5 Å². The van der Waals surface area contributed by atoms with Crippen molar-refractivity contribution in [1.82, 2.24) is 5.32 Å². The Bertz CT molecular complexity index is 2580. The summed E-state index contributed by atoms with van der Waals surface area (Å²) in [6.45, 7) is 0.788. The number of benzene rings is 6. The molecule has 1 atom stereocenters. The van der Waals surface area contributed by atoms with Gasteiger partial charge in [-0.25, -0.2) is 8.42 Å². The lowest BCUT2D eigenvalue weighted by Crippen LogP contribution is -2.32. The highest BCUT2D eigenvalue weighted by atomic mass is 32.2. The lowest BCUT2D eigenvalue weighted by atomic mass is 9.96. The van der Waals surface area contributed by atoms with Gasteiger partial charge in [-0.1, -0.05) is 133 Å². The van der Waals surface area contributed by atoms with Gasteiger partial charge in [-0.3, -0.25) is 9.10 Å². The van der Waals surface area contributed by atoms with Crippen LogP contribution in [0.15, 0.2) is 158 Å². The maximum Gasteiger partial charge on any atom is 0.239 e. The third kappa shape index (κ3) is 9.94. The number of carbonyl (C=O) groups is 1. The lowest BCUT2D eigenvalue weighted by Gasteiger charge is -2.27. The Morgan fingerprint density at radius 1 is 0.695 bits per heavy atom.